The highest BCUT2D eigenvalue weighted by Crippen LogP contribution is 2.31. The molecule has 1 unspecified atom stereocenters. The van der Waals surface area contributed by atoms with Gasteiger partial charge in [0.15, 0.2) is 5.82 Å². The van der Waals surface area contributed by atoms with Crippen LogP contribution in [0.2, 0.25) is 0 Å². The standard InChI is InChI=1S/C22H26N6O3/c1-27-11-3-4-17(27)8-10-24-21(29)16-5-6-19(25-13-16)28-22(30)18(14-26-28)15-7-9-23-20(12-15)31-2/h5-7,9,12-14,17,30H,3-4,8,10-11H2,1-2H3,(H,24,29). The van der Waals surface area contributed by atoms with Gasteiger partial charge in [0, 0.05) is 31.0 Å². The lowest BCUT2D eigenvalue weighted by atomic mass is 10.1. The molecule has 0 saturated carbocycles. The molecule has 2 N–H and O–H groups in total. The van der Waals surface area contributed by atoms with E-state index in [9.17, 15) is 9.90 Å². The lowest BCUT2D eigenvalue weighted by molar-refractivity contribution is 0.0950. The van der Waals surface area contributed by atoms with Gasteiger partial charge in [0.1, 0.15) is 0 Å². The summed E-state index contributed by atoms with van der Waals surface area (Å²) in [6.07, 6.45) is 7.98. The van der Waals surface area contributed by atoms with Crippen molar-refractivity contribution < 1.29 is 14.6 Å². The van der Waals surface area contributed by atoms with Gasteiger partial charge in [-0.1, -0.05) is 0 Å². The Morgan fingerprint density at radius 2 is 2.16 bits per heavy atom. The predicted octanol–water partition coefficient (Wildman–Crippen LogP) is 2.26. The Kier molecular flexibility index (Phi) is 6.13. The van der Waals surface area contributed by atoms with Gasteiger partial charge in [-0.25, -0.2) is 9.97 Å². The molecule has 3 aromatic heterocycles. The van der Waals surface area contributed by atoms with E-state index in [0.717, 1.165) is 18.5 Å². The van der Waals surface area contributed by atoms with Gasteiger partial charge in [-0.3, -0.25) is 4.79 Å². The second kappa shape index (κ2) is 9.13. The first kappa shape index (κ1) is 20.8. The van der Waals surface area contributed by atoms with E-state index < -0.39 is 0 Å². The van der Waals surface area contributed by atoms with Crippen molar-refractivity contribution in [1.29, 1.82) is 0 Å². The van der Waals surface area contributed by atoms with Crippen LogP contribution in [0.4, 0.5) is 0 Å². The van der Waals surface area contributed by atoms with E-state index in [4.69, 9.17) is 4.74 Å². The molecule has 3 aromatic rings. The van der Waals surface area contributed by atoms with Crippen LogP contribution >= 0.6 is 0 Å². The summed E-state index contributed by atoms with van der Waals surface area (Å²) in [7, 11) is 3.66. The van der Waals surface area contributed by atoms with Crippen molar-refractivity contribution >= 4 is 5.91 Å². The summed E-state index contributed by atoms with van der Waals surface area (Å²) in [5.74, 6) is 0.638. The quantitative estimate of drug-likeness (QED) is 0.602. The van der Waals surface area contributed by atoms with Crippen molar-refractivity contribution in [3.8, 4) is 28.7 Å². The minimum absolute atomic E-state index is 0.0568. The average molecular weight is 422 g/mol. The van der Waals surface area contributed by atoms with Crippen molar-refractivity contribution in [1.82, 2.24) is 30.0 Å². The molecule has 1 aliphatic rings. The number of hydrogen-bond donors (Lipinski definition) is 2. The molecule has 0 aliphatic carbocycles. The molecule has 9 nitrogen and oxygen atoms in total. The third kappa shape index (κ3) is 4.51. The first-order chi connectivity index (χ1) is 15.1. The molecular weight excluding hydrogens is 396 g/mol. The summed E-state index contributed by atoms with van der Waals surface area (Å²) in [5, 5.41) is 17.8. The zero-order valence-corrected chi connectivity index (χ0v) is 17.7. The number of pyridine rings is 2. The fourth-order valence-electron chi connectivity index (χ4n) is 3.85. The van der Waals surface area contributed by atoms with E-state index in [-0.39, 0.29) is 11.8 Å². The summed E-state index contributed by atoms with van der Waals surface area (Å²) in [4.78, 5) is 23.1. The molecule has 1 saturated heterocycles. The van der Waals surface area contributed by atoms with Crippen LogP contribution in [0.15, 0.2) is 42.9 Å². The topological polar surface area (TPSA) is 105 Å². The van der Waals surface area contributed by atoms with Gasteiger partial charge in [0.25, 0.3) is 5.91 Å². The highest BCUT2D eigenvalue weighted by Gasteiger charge is 2.20. The summed E-state index contributed by atoms with van der Waals surface area (Å²) in [6.45, 7) is 1.76. The van der Waals surface area contributed by atoms with E-state index in [1.54, 1.807) is 36.7 Å². The summed E-state index contributed by atoms with van der Waals surface area (Å²) >= 11 is 0. The molecule has 1 aliphatic heterocycles. The van der Waals surface area contributed by atoms with Gasteiger partial charge in [-0.2, -0.15) is 9.78 Å². The van der Waals surface area contributed by atoms with Crippen molar-refractivity contribution in [2.75, 3.05) is 27.2 Å². The molecule has 0 spiro atoms. The van der Waals surface area contributed by atoms with Crippen molar-refractivity contribution in [2.24, 2.45) is 0 Å². The number of hydrogen-bond acceptors (Lipinski definition) is 7. The minimum Gasteiger partial charge on any atom is -0.493 e. The largest absolute Gasteiger partial charge is 0.493 e. The SMILES string of the molecule is COc1cc(-c2cnn(-c3ccc(C(=O)NCCC4CCCN4C)cn3)c2O)ccn1. The lowest BCUT2D eigenvalue weighted by Crippen LogP contribution is -2.31. The number of amides is 1. The van der Waals surface area contributed by atoms with Crippen LogP contribution in [0.25, 0.3) is 16.9 Å². The normalized spacial score (nSPS) is 16.4. The molecule has 0 bridgehead atoms. The van der Waals surface area contributed by atoms with Crippen molar-refractivity contribution in [3.63, 3.8) is 0 Å². The molecule has 4 rings (SSSR count). The molecular formula is C22H26N6O3. The number of carbonyl (C=O) groups excluding carboxylic acids is 1. The van der Waals surface area contributed by atoms with Crippen LogP contribution in [0.3, 0.4) is 0 Å². The predicted molar refractivity (Wildman–Crippen MR) is 115 cm³/mol. The smallest absolute Gasteiger partial charge is 0.252 e. The minimum atomic E-state index is -0.158. The Hall–Kier alpha value is -3.46. The molecule has 9 heteroatoms. The van der Waals surface area contributed by atoms with Crippen molar-refractivity contribution in [3.05, 3.63) is 48.4 Å². The fourth-order valence-corrected chi connectivity index (χ4v) is 3.85. The molecule has 0 radical (unpaired) electrons. The molecule has 162 valence electrons. The maximum absolute atomic E-state index is 12.4. The fraction of sp³-hybridized carbons (Fsp3) is 0.364. The van der Waals surface area contributed by atoms with Gasteiger partial charge in [-0.15, -0.1) is 0 Å². The lowest BCUT2D eigenvalue weighted by Gasteiger charge is -2.19. The summed E-state index contributed by atoms with van der Waals surface area (Å²) in [6, 6.07) is 7.34. The van der Waals surface area contributed by atoms with E-state index in [1.165, 1.54) is 30.8 Å². The average Bonchev–Trinajstić information content (AvgIpc) is 3.39. The Bertz CT molecular complexity index is 1050. The number of nitrogens with zero attached hydrogens (tertiary/aromatic N) is 5. The Morgan fingerprint density at radius 1 is 1.29 bits per heavy atom. The van der Waals surface area contributed by atoms with E-state index in [0.29, 0.717) is 35.4 Å². The number of ether oxygens (including phenoxy) is 1. The highest BCUT2D eigenvalue weighted by molar-refractivity contribution is 5.93. The van der Waals surface area contributed by atoms with E-state index >= 15 is 0 Å². The van der Waals surface area contributed by atoms with Gasteiger partial charge in [-0.05, 0) is 56.6 Å². The monoisotopic (exact) mass is 422 g/mol. The zero-order valence-electron chi connectivity index (χ0n) is 17.7. The summed E-state index contributed by atoms with van der Waals surface area (Å²) in [5.41, 5.74) is 1.72. The van der Waals surface area contributed by atoms with Crippen molar-refractivity contribution in [2.45, 2.75) is 25.3 Å². The van der Waals surface area contributed by atoms with Crippen LogP contribution in [0.5, 0.6) is 11.8 Å². The van der Waals surface area contributed by atoms with E-state index in [1.807, 2.05) is 0 Å². The van der Waals surface area contributed by atoms with Crippen LogP contribution in [-0.4, -0.2) is 69.0 Å². The van der Waals surface area contributed by atoms with Crippen LogP contribution in [0.1, 0.15) is 29.6 Å². The molecule has 31 heavy (non-hydrogen) atoms. The number of carbonyl (C=O) groups is 1. The second-order valence-electron chi connectivity index (χ2n) is 7.61. The third-order valence-electron chi connectivity index (χ3n) is 5.66. The van der Waals surface area contributed by atoms with Gasteiger partial charge in [0.05, 0.1) is 24.4 Å². The molecule has 1 atom stereocenters. The van der Waals surface area contributed by atoms with Gasteiger partial charge < -0.3 is 20.1 Å². The zero-order chi connectivity index (χ0) is 21.8. The van der Waals surface area contributed by atoms with Gasteiger partial charge in [0.2, 0.25) is 11.8 Å². The number of aromatic nitrogens is 4. The van der Waals surface area contributed by atoms with E-state index in [2.05, 4.69) is 32.3 Å². The van der Waals surface area contributed by atoms with Crippen LogP contribution in [-0.2, 0) is 0 Å². The Morgan fingerprint density at radius 3 is 2.87 bits per heavy atom. The number of likely N-dealkylation sites (tertiary alicyclic amines) is 1. The number of methoxy groups -OCH3 is 1. The van der Waals surface area contributed by atoms with Crippen LogP contribution < -0.4 is 10.1 Å². The Balaban J connectivity index is 1.42. The third-order valence-corrected chi connectivity index (χ3v) is 5.66. The number of nitrogens with one attached hydrogen (secondary N) is 1. The molecule has 1 amide bonds. The maximum Gasteiger partial charge on any atom is 0.252 e. The number of aromatic hydroxyl groups is 1. The van der Waals surface area contributed by atoms with Gasteiger partial charge >= 0.3 is 0 Å². The summed E-state index contributed by atoms with van der Waals surface area (Å²) < 4.78 is 6.45. The number of rotatable bonds is 7. The molecule has 0 aromatic carbocycles. The van der Waals surface area contributed by atoms with Crippen LogP contribution in [0, 0.1) is 0 Å². The Labute approximate surface area is 180 Å². The molecule has 4 heterocycles. The second-order valence-corrected chi connectivity index (χ2v) is 7.61. The highest BCUT2D eigenvalue weighted by atomic mass is 16.5. The first-order valence-corrected chi connectivity index (χ1v) is 10.3. The molecule has 1 fully saturated rings. The first-order valence-electron chi connectivity index (χ1n) is 10.3. The maximum atomic E-state index is 12.4.